The lowest BCUT2D eigenvalue weighted by Gasteiger charge is -2.38. The largest absolute Gasteiger partial charge is 0.395 e. The smallest absolute Gasteiger partial charge is 0.323 e. The molecule has 2 N–H and O–H groups in total. The highest BCUT2D eigenvalue weighted by Gasteiger charge is 2.25. The number of amides is 2. The molecule has 0 aromatic carbocycles. The van der Waals surface area contributed by atoms with Gasteiger partial charge >= 0.3 is 6.03 Å². The summed E-state index contributed by atoms with van der Waals surface area (Å²) in [6, 6.07) is 0.121. The zero-order chi connectivity index (χ0) is 13.7. The van der Waals surface area contributed by atoms with Crippen molar-refractivity contribution in [2.24, 2.45) is 0 Å². The fraction of sp³-hybridized carbons (Fsp3) is 0.667. The van der Waals surface area contributed by atoms with E-state index < -0.39 is 0 Å². The Hall–Kier alpha value is -1.18. The number of carbonyl (C=O) groups excluding carboxylic acids is 1. The monoisotopic (exact) mass is 284 g/mol. The Balaban J connectivity index is 1.81. The van der Waals surface area contributed by atoms with Gasteiger partial charge in [0.25, 0.3) is 0 Å². The molecule has 1 atom stereocenters. The predicted molar refractivity (Wildman–Crippen MR) is 75.4 cm³/mol. The molecule has 0 aliphatic carbocycles. The fourth-order valence-electron chi connectivity index (χ4n) is 2.25. The van der Waals surface area contributed by atoms with E-state index in [-0.39, 0.29) is 18.7 Å². The standard InChI is InChI=1S/C12H20N4O2S/c1-2-10(9-17)15-4-6-16(7-5-15)12(18)14-11-13-3-8-19-11/h3,8,10,17H,2,4-7,9H2,1H3,(H,13,14,18). The summed E-state index contributed by atoms with van der Waals surface area (Å²) in [7, 11) is 0. The fourth-order valence-corrected chi connectivity index (χ4v) is 2.77. The predicted octanol–water partition coefficient (Wildman–Crippen LogP) is 1.06. The molecule has 0 radical (unpaired) electrons. The van der Waals surface area contributed by atoms with Crippen molar-refractivity contribution in [3.63, 3.8) is 0 Å². The van der Waals surface area contributed by atoms with E-state index in [1.807, 2.05) is 5.38 Å². The molecule has 1 aromatic rings. The van der Waals surface area contributed by atoms with Gasteiger partial charge in [-0.2, -0.15) is 0 Å². The normalized spacial score (nSPS) is 18.3. The minimum absolute atomic E-state index is 0.0911. The highest BCUT2D eigenvalue weighted by molar-refractivity contribution is 7.13. The van der Waals surface area contributed by atoms with Crippen molar-refractivity contribution in [3.05, 3.63) is 11.6 Å². The van der Waals surface area contributed by atoms with E-state index in [0.717, 1.165) is 19.5 Å². The lowest BCUT2D eigenvalue weighted by atomic mass is 10.2. The zero-order valence-corrected chi connectivity index (χ0v) is 11.9. The van der Waals surface area contributed by atoms with Crippen molar-refractivity contribution in [2.75, 3.05) is 38.1 Å². The van der Waals surface area contributed by atoms with Gasteiger partial charge in [-0.15, -0.1) is 11.3 Å². The van der Waals surface area contributed by atoms with Crippen LogP contribution >= 0.6 is 11.3 Å². The number of thiazole rings is 1. The van der Waals surface area contributed by atoms with Gasteiger partial charge in [-0.25, -0.2) is 9.78 Å². The number of nitrogens with one attached hydrogen (secondary N) is 1. The first-order chi connectivity index (χ1) is 9.24. The Morgan fingerprint density at radius 2 is 2.26 bits per heavy atom. The van der Waals surface area contributed by atoms with Crippen molar-refractivity contribution < 1.29 is 9.90 Å². The molecule has 2 amide bonds. The third-order valence-electron chi connectivity index (χ3n) is 3.45. The van der Waals surface area contributed by atoms with Gasteiger partial charge in [-0.3, -0.25) is 10.2 Å². The topological polar surface area (TPSA) is 68.7 Å². The first kappa shape index (κ1) is 14.2. The molecule has 106 valence electrons. The summed E-state index contributed by atoms with van der Waals surface area (Å²) in [6.45, 7) is 5.25. The number of aromatic nitrogens is 1. The van der Waals surface area contributed by atoms with Crippen LogP contribution in [-0.4, -0.2) is 64.7 Å². The van der Waals surface area contributed by atoms with Gasteiger partial charge in [0.2, 0.25) is 0 Å². The molecule has 0 saturated carbocycles. The first-order valence-electron chi connectivity index (χ1n) is 6.55. The minimum atomic E-state index is -0.0911. The van der Waals surface area contributed by atoms with Gasteiger partial charge in [-0.1, -0.05) is 6.92 Å². The summed E-state index contributed by atoms with van der Waals surface area (Å²) in [5, 5.41) is 14.5. The average molecular weight is 284 g/mol. The van der Waals surface area contributed by atoms with Crippen LogP contribution in [0.2, 0.25) is 0 Å². The first-order valence-corrected chi connectivity index (χ1v) is 7.43. The number of rotatable bonds is 4. The van der Waals surface area contributed by atoms with Gasteiger partial charge in [0, 0.05) is 43.8 Å². The Bertz CT molecular complexity index is 386. The maximum atomic E-state index is 12.0. The molecule has 1 aromatic heterocycles. The van der Waals surface area contributed by atoms with Gasteiger partial charge < -0.3 is 10.0 Å². The minimum Gasteiger partial charge on any atom is -0.395 e. The third-order valence-corrected chi connectivity index (χ3v) is 4.13. The average Bonchev–Trinajstić information content (AvgIpc) is 2.94. The van der Waals surface area contributed by atoms with Crippen LogP contribution < -0.4 is 5.32 Å². The number of hydrogen-bond acceptors (Lipinski definition) is 5. The molecular weight excluding hydrogens is 264 g/mol. The number of anilines is 1. The van der Waals surface area contributed by atoms with Gasteiger partial charge in [0.15, 0.2) is 5.13 Å². The third kappa shape index (κ3) is 3.65. The summed E-state index contributed by atoms with van der Waals surface area (Å²) in [4.78, 5) is 20.1. The molecule has 6 nitrogen and oxygen atoms in total. The van der Waals surface area contributed by atoms with Crippen LogP contribution in [0, 0.1) is 0 Å². The van der Waals surface area contributed by atoms with Gasteiger partial charge in [0.05, 0.1) is 6.61 Å². The second kappa shape index (κ2) is 6.83. The van der Waals surface area contributed by atoms with Crippen molar-refractivity contribution >= 4 is 22.5 Å². The number of carbonyl (C=O) groups is 1. The lowest BCUT2D eigenvalue weighted by molar-refractivity contribution is 0.0766. The molecule has 2 heterocycles. The summed E-state index contributed by atoms with van der Waals surface area (Å²) >= 11 is 1.41. The molecule has 19 heavy (non-hydrogen) atoms. The van der Waals surface area contributed by atoms with Crippen LogP contribution in [0.4, 0.5) is 9.93 Å². The van der Waals surface area contributed by atoms with E-state index in [1.165, 1.54) is 11.3 Å². The second-order valence-corrected chi connectivity index (χ2v) is 5.43. The highest BCUT2D eigenvalue weighted by atomic mass is 32.1. The molecular formula is C12H20N4O2S. The summed E-state index contributed by atoms with van der Waals surface area (Å²) in [5.41, 5.74) is 0. The number of nitrogens with zero attached hydrogens (tertiary/aromatic N) is 3. The van der Waals surface area contributed by atoms with Crippen LogP contribution in [-0.2, 0) is 0 Å². The van der Waals surface area contributed by atoms with E-state index in [2.05, 4.69) is 22.1 Å². The quantitative estimate of drug-likeness (QED) is 0.867. The van der Waals surface area contributed by atoms with Crippen LogP contribution in [0.5, 0.6) is 0 Å². The summed E-state index contributed by atoms with van der Waals surface area (Å²) < 4.78 is 0. The van der Waals surface area contributed by atoms with Crippen LogP contribution in [0.15, 0.2) is 11.6 Å². The van der Waals surface area contributed by atoms with Crippen LogP contribution in [0.25, 0.3) is 0 Å². The van der Waals surface area contributed by atoms with Gasteiger partial charge in [-0.05, 0) is 6.42 Å². The Morgan fingerprint density at radius 3 is 2.79 bits per heavy atom. The molecule has 1 saturated heterocycles. The summed E-state index contributed by atoms with van der Waals surface area (Å²) in [6.07, 6.45) is 2.60. The Kier molecular flexibility index (Phi) is 5.12. The van der Waals surface area contributed by atoms with Gasteiger partial charge in [0.1, 0.15) is 0 Å². The van der Waals surface area contributed by atoms with Crippen molar-refractivity contribution in [1.29, 1.82) is 0 Å². The number of aliphatic hydroxyl groups is 1. The van der Waals surface area contributed by atoms with E-state index in [9.17, 15) is 9.90 Å². The van der Waals surface area contributed by atoms with Crippen molar-refractivity contribution in [2.45, 2.75) is 19.4 Å². The molecule has 2 rings (SSSR count). The molecule has 0 spiro atoms. The molecule has 1 fully saturated rings. The van der Waals surface area contributed by atoms with Crippen molar-refractivity contribution in [1.82, 2.24) is 14.8 Å². The van der Waals surface area contributed by atoms with Crippen molar-refractivity contribution in [3.8, 4) is 0 Å². The van der Waals surface area contributed by atoms with E-state index in [4.69, 9.17) is 0 Å². The molecule has 1 unspecified atom stereocenters. The van der Waals surface area contributed by atoms with E-state index in [0.29, 0.717) is 18.2 Å². The Labute approximate surface area is 117 Å². The number of hydrogen-bond donors (Lipinski definition) is 2. The molecule has 1 aliphatic rings. The maximum absolute atomic E-state index is 12.0. The van der Waals surface area contributed by atoms with Crippen LogP contribution in [0.3, 0.4) is 0 Å². The zero-order valence-electron chi connectivity index (χ0n) is 11.1. The highest BCUT2D eigenvalue weighted by Crippen LogP contribution is 2.13. The molecule has 0 bridgehead atoms. The Morgan fingerprint density at radius 1 is 1.53 bits per heavy atom. The number of aliphatic hydroxyl groups excluding tert-OH is 1. The van der Waals surface area contributed by atoms with E-state index in [1.54, 1.807) is 11.1 Å². The van der Waals surface area contributed by atoms with Crippen LogP contribution in [0.1, 0.15) is 13.3 Å². The second-order valence-electron chi connectivity index (χ2n) is 4.54. The molecule has 1 aliphatic heterocycles. The lowest BCUT2D eigenvalue weighted by Crippen LogP contribution is -2.53. The number of urea groups is 1. The molecule has 7 heteroatoms. The summed E-state index contributed by atoms with van der Waals surface area (Å²) in [5.74, 6) is 0. The number of piperazine rings is 1. The van der Waals surface area contributed by atoms with E-state index >= 15 is 0 Å². The maximum Gasteiger partial charge on any atom is 0.323 e. The SMILES string of the molecule is CCC(CO)N1CCN(C(=O)Nc2nccs2)CC1.